The van der Waals surface area contributed by atoms with Crippen LogP contribution in [0, 0.1) is 5.82 Å². The van der Waals surface area contributed by atoms with E-state index in [1.807, 2.05) is 36.4 Å². The van der Waals surface area contributed by atoms with Gasteiger partial charge in [0.05, 0.1) is 6.04 Å². The van der Waals surface area contributed by atoms with Crippen molar-refractivity contribution < 1.29 is 4.39 Å². The van der Waals surface area contributed by atoms with Crippen molar-refractivity contribution in [2.75, 3.05) is 0 Å². The first kappa shape index (κ1) is 14.7. The molecule has 3 aromatic rings. The van der Waals surface area contributed by atoms with E-state index in [2.05, 4.69) is 31.9 Å². The minimum atomic E-state index is -0.395. The van der Waals surface area contributed by atoms with Gasteiger partial charge in [0.1, 0.15) is 5.82 Å². The van der Waals surface area contributed by atoms with Crippen LogP contribution in [-0.2, 0) is 0 Å². The Morgan fingerprint density at radius 2 is 1.48 bits per heavy atom. The quantitative estimate of drug-likeness (QED) is 0.590. The van der Waals surface area contributed by atoms with Gasteiger partial charge in [0, 0.05) is 8.95 Å². The van der Waals surface area contributed by atoms with E-state index in [0.717, 1.165) is 30.8 Å². The summed E-state index contributed by atoms with van der Waals surface area (Å²) in [5, 5.41) is 2.16. The molecule has 2 N–H and O–H groups in total. The number of rotatable bonds is 2. The number of fused-ring (bicyclic) bond motifs is 1. The van der Waals surface area contributed by atoms with Crippen molar-refractivity contribution in [1.82, 2.24) is 0 Å². The van der Waals surface area contributed by atoms with Crippen molar-refractivity contribution in [2.24, 2.45) is 5.73 Å². The van der Waals surface area contributed by atoms with Crippen molar-refractivity contribution in [1.29, 1.82) is 0 Å². The van der Waals surface area contributed by atoms with Crippen LogP contribution in [0.15, 0.2) is 63.5 Å². The number of hydrogen-bond donors (Lipinski definition) is 1. The van der Waals surface area contributed by atoms with Gasteiger partial charge in [-0.15, -0.1) is 0 Å². The lowest BCUT2D eigenvalue weighted by Crippen LogP contribution is -2.13. The third kappa shape index (κ3) is 2.76. The second-order valence-electron chi connectivity index (χ2n) is 4.83. The van der Waals surface area contributed by atoms with Crippen LogP contribution in [0.2, 0.25) is 0 Å². The summed E-state index contributed by atoms with van der Waals surface area (Å²) in [4.78, 5) is 0. The SMILES string of the molecule is NC(c1cc(F)ccc1Br)c1ccc(Br)c2ccccc12. The van der Waals surface area contributed by atoms with Gasteiger partial charge in [0.25, 0.3) is 0 Å². The zero-order chi connectivity index (χ0) is 15.0. The van der Waals surface area contributed by atoms with Crippen LogP contribution in [0.1, 0.15) is 17.2 Å². The van der Waals surface area contributed by atoms with E-state index >= 15 is 0 Å². The molecule has 106 valence electrons. The Morgan fingerprint density at radius 3 is 2.24 bits per heavy atom. The van der Waals surface area contributed by atoms with Crippen molar-refractivity contribution >= 4 is 42.6 Å². The van der Waals surface area contributed by atoms with Gasteiger partial charge >= 0.3 is 0 Å². The summed E-state index contributed by atoms with van der Waals surface area (Å²) in [5.74, 6) is -0.287. The molecule has 1 unspecified atom stereocenters. The summed E-state index contributed by atoms with van der Waals surface area (Å²) in [5.41, 5.74) is 8.10. The van der Waals surface area contributed by atoms with E-state index in [9.17, 15) is 4.39 Å². The zero-order valence-electron chi connectivity index (χ0n) is 11.0. The molecule has 0 heterocycles. The maximum absolute atomic E-state index is 13.5. The second-order valence-corrected chi connectivity index (χ2v) is 6.53. The molecule has 4 heteroatoms. The van der Waals surface area contributed by atoms with Crippen molar-refractivity contribution in [2.45, 2.75) is 6.04 Å². The Balaban J connectivity index is 2.20. The number of hydrogen-bond acceptors (Lipinski definition) is 1. The summed E-state index contributed by atoms with van der Waals surface area (Å²) < 4.78 is 15.3. The first-order chi connectivity index (χ1) is 10.1. The molecule has 1 nitrogen and oxygen atoms in total. The number of nitrogens with two attached hydrogens (primary N) is 1. The summed E-state index contributed by atoms with van der Waals surface area (Å²) in [6.07, 6.45) is 0. The molecule has 3 rings (SSSR count). The van der Waals surface area contributed by atoms with E-state index in [1.165, 1.54) is 12.1 Å². The molecular formula is C17H12Br2FN. The molecule has 0 bridgehead atoms. The van der Waals surface area contributed by atoms with Gasteiger partial charge in [0.15, 0.2) is 0 Å². The molecular weight excluding hydrogens is 397 g/mol. The van der Waals surface area contributed by atoms with Crippen LogP contribution in [0.4, 0.5) is 4.39 Å². The van der Waals surface area contributed by atoms with Crippen molar-refractivity contribution in [3.05, 3.63) is 80.5 Å². The van der Waals surface area contributed by atoms with Gasteiger partial charge < -0.3 is 5.73 Å². The van der Waals surface area contributed by atoms with Crippen LogP contribution in [0.5, 0.6) is 0 Å². The largest absolute Gasteiger partial charge is 0.320 e. The predicted molar refractivity (Wildman–Crippen MR) is 91.8 cm³/mol. The van der Waals surface area contributed by atoms with Gasteiger partial charge in [-0.05, 0) is 46.2 Å². The molecule has 0 aliphatic rings. The van der Waals surface area contributed by atoms with E-state index in [1.54, 1.807) is 6.07 Å². The summed E-state index contributed by atoms with van der Waals surface area (Å²) in [6, 6.07) is 16.2. The molecule has 0 saturated carbocycles. The van der Waals surface area contributed by atoms with Gasteiger partial charge in [-0.1, -0.05) is 62.2 Å². The fourth-order valence-electron chi connectivity index (χ4n) is 2.48. The molecule has 0 saturated heterocycles. The molecule has 0 aromatic heterocycles. The molecule has 0 amide bonds. The predicted octanol–water partition coefficient (Wildman–Crippen LogP) is 5.55. The highest BCUT2D eigenvalue weighted by Gasteiger charge is 2.16. The third-order valence-electron chi connectivity index (χ3n) is 3.53. The monoisotopic (exact) mass is 407 g/mol. The van der Waals surface area contributed by atoms with Crippen LogP contribution in [0.25, 0.3) is 10.8 Å². The maximum atomic E-state index is 13.5. The smallest absolute Gasteiger partial charge is 0.123 e. The zero-order valence-corrected chi connectivity index (χ0v) is 14.2. The van der Waals surface area contributed by atoms with Crippen LogP contribution in [-0.4, -0.2) is 0 Å². The lowest BCUT2D eigenvalue weighted by atomic mass is 9.94. The normalized spacial score (nSPS) is 12.6. The molecule has 3 aromatic carbocycles. The van der Waals surface area contributed by atoms with E-state index in [-0.39, 0.29) is 5.82 Å². The van der Waals surface area contributed by atoms with E-state index in [0.29, 0.717) is 0 Å². The number of halogens is 3. The molecule has 0 spiro atoms. The Morgan fingerprint density at radius 1 is 0.810 bits per heavy atom. The van der Waals surface area contributed by atoms with E-state index < -0.39 is 6.04 Å². The molecule has 0 aliphatic carbocycles. The lowest BCUT2D eigenvalue weighted by Gasteiger charge is -2.17. The fraction of sp³-hybridized carbons (Fsp3) is 0.0588. The lowest BCUT2D eigenvalue weighted by molar-refractivity contribution is 0.623. The minimum absolute atomic E-state index is 0.287. The first-order valence-electron chi connectivity index (χ1n) is 6.45. The molecule has 0 aliphatic heterocycles. The average Bonchev–Trinajstić information content (AvgIpc) is 2.50. The van der Waals surface area contributed by atoms with E-state index in [4.69, 9.17) is 5.73 Å². The topological polar surface area (TPSA) is 26.0 Å². The fourth-order valence-corrected chi connectivity index (χ4v) is 3.45. The first-order valence-corrected chi connectivity index (χ1v) is 8.04. The summed E-state index contributed by atoms with van der Waals surface area (Å²) in [6.45, 7) is 0. The van der Waals surface area contributed by atoms with Gasteiger partial charge in [-0.25, -0.2) is 4.39 Å². The molecule has 21 heavy (non-hydrogen) atoms. The third-order valence-corrected chi connectivity index (χ3v) is 4.95. The van der Waals surface area contributed by atoms with Gasteiger partial charge in [-0.2, -0.15) is 0 Å². The molecule has 0 fully saturated rings. The molecule has 0 radical (unpaired) electrons. The Hall–Kier alpha value is -1.23. The minimum Gasteiger partial charge on any atom is -0.320 e. The van der Waals surface area contributed by atoms with Crippen molar-refractivity contribution in [3.8, 4) is 0 Å². The maximum Gasteiger partial charge on any atom is 0.123 e. The number of benzene rings is 3. The van der Waals surface area contributed by atoms with Crippen LogP contribution < -0.4 is 5.73 Å². The van der Waals surface area contributed by atoms with Gasteiger partial charge in [0.2, 0.25) is 0 Å². The Bertz CT molecular complexity index is 817. The Kier molecular flexibility index (Phi) is 4.11. The van der Waals surface area contributed by atoms with Crippen LogP contribution >= 0.6 is 31.9 Å². The summed E-state index contributed by atoms with van der Waals surface area (Å²) in [7, 11) is 0. The van der Waals surface area contributed by atoms with Gasteiger partial charge in [-0.3, -0.25) is 0 Å². The highest BCUT2D eigenvalue weighted by molar-refractivity contribution is 9.11. The standard InChI is InChI=1S/C17H12Br2FN/c18-15-8-6-13(11-3-1-2-4-12(11)15)17(21)14-9-10(20)5-7-16(14)19/h1-9,17H,21H2. The molecule has 1 atom stereocenters. The van der Waals surface area contributed by atoms with Crippen LogP contribution in [0.3, 0.4) is 0 Å². The summed E-state index contributed by atoms with van der Waals surface area (Å²) >= 11 is 7.00. The highest BCUT2D eigenvalue weighted by atomic mass is 79.9. The second kappa shape index (κ2) is 5.87. The highest BCUT2D eigenvalue weighted by Crippen LogP contribution is 2.34. The average molecular weight is 409 g/mol. The van der Waals surface area contributed by atoms with Crippen molar-refractivity contribution in [3.63, 3.8) is 0 Å². The Labute approximate surface area is 139 Å².